The van der Waals surface area contributed by atoms with E-state index in [9.17, 15) is 9.00 Å². The molecule has 0 aromatic rings. The number of carbonyl (C=O) groups is 1. The molecule has 2 unspecified atom stereocenters. The second kappa shape index (κ2) is 3.14. The first-order valence-electron chi connectivity index (χ1n) is 3.28. The monoisotopic (exact) mass is 162 g/mol. The summed E-state index contributed by atoms with van der Waals surface area (Å²) in [6.45, 7) is 0. The van der Waals surface area contributed by atoms with Crippen molar-refractivity contribution < 1.29 is 14.1 Å². The lowest BCUT2D eigenvalue weighted by Crippen LogP contribution is -2.26. The van der Waals surface area contributed by atoms with Crippen LogP contribution in [0.25, 0.3) is 0 Å². The average molecular weight is 162 g/mol. The minimum absolute atomic E-state index is 0.352. The lowest BCUT2D eigenvalue weighted by Gasteiger charge is -2.16. The van der Waals surface area contributed by atoms with E-state index in [2.05, 4.69) is 0 Å². The average Bonchev–Trinajstić information content (AvgIpc) is 1.88. The van der Waals surface area contributed by atoms with Crippen LogP contribution in [0, 0.1) is 5.92 Å². The molecule has 10 heavy (non-hydrogen) atoms. The van der Waals surface area contributed by atoms with Crippen molar-refractivity contribution in [3.63, 3.8) is 0 Å². The summed E-state index contributed by atoms with van der Waals surface area (Å²) in [4.78, 5) is 10.4. The van der Waals surface area contributed by atoms with Gasteiger partial charge in [0.2, 0.25) is 0 Å². The maximum absolute atomic E-state index is 10.8. The maximum atomic E-state index is 10.8. The van der Waals surface area contributed by atoms with Crippen LogP contribution >= 0.6 is 0 Å². The highest BCUT2D eigenvalue weighted by Gasteiger charge is 2.23. The quantitative estimate of drug-likeness (QED) is 0.600. The largest absolute Gasteiger partial charge is 0.481 e. The molecule has 0 radical (unpaired) electrons. The Labute approximate surface area is 61.9 Å². The van der Waals surface area contributed by atoms with Crippen LogP contribution in [-0.2, 0) is 15.6 Å². The molecule has 1 N–H and O–H groups in total. The maximum Gasteiger partial charge on any atom is 0.307 e. The van der Waals surface area contributed by atoms with Crippen molar-refractivity contribution in [2.75, 3.05) is 11.5 Å². The van der Waals surface area contributed by atoms with Gasteiger partial charge < -0.3 is 5.11 Å². The van der Waals surface area contributed by atoms with E-state index in [1.807, 2.05) is 0 Å². The number of hydrogen-bond acceptors (Lipinski definition) is 2. The zero-order chi connectivity index (χ0) is 7.56. The molecule has 0 amide bonds. The predicted octanol–water partition coefficient (Wildman–Crippen LogP) is 0.230. The molecule has 0 saturated carbocycles. The molecule has 3 nitrogen and oxygen atoms in total. The first-order chi connectivity index (χ1) is 4.70. The highest BCUT2D eigenvalue weighted by atomic mass is 32.2. The van der Waals surface area contributed by atoms with Gasteiger partial charge in [-0.2, -0.15) is 0 Å². The molecule has 0 spiro atoms. The van der Waals surface area contributed by atoms with E-state index < -0.39 is 16.8 Å². The van der Waals surface area contributed by atoms with Crippen molar-refractivity contribution in [1.82, 2.24) is 0 Å². The van der Waals surface area contributed by atoms with Crippen LogP contribution < -0.4 is 0 Å². The summed E-state index contributed by atoms with van der Waals surface area (Å²) < 4.78 is 10.8. The third-order valence-electron chi connectivity index (χ3n) is 1.66. The Morgan fingerprint density at radius 2 is 2.30 bits per heavy atom. The molecule has 1 heterocycles. The van der Waals surface area contributed by atoms with Gasteiger partial charge in [-0.05, 0) is 12.8 Å². The lowest BCUT2D eigenvalue weighted by molar-refractivity contribution is -0.141. The summed E-state index contributed by atoms with van der Waals surface area (Å²) in [5.74, 6) is -0.110. The molecule has 1 rings (SSSR count). The van der Waals surface area contributed by atoms with Gasteiger partial charge in [0.1, 0.15) is 0 Å². The van der Waals surface area contributed by atoms with E-state index in [0.717, 1.165) is 6.42 Å². The van der Waals surface area contributed by atoms with Crippen molar-refractivity contribution in [2.45, 2.75) is 12.8 Å². The second-order valence-electron chi connectivity index (χ2n) is 2.49. The zero-order valence-electron chi connectivity index (χ0n) is 5.58. The molecule has 1 aliphatic rings. The molecule has 0 aromatic carbocycles. The minimum atomic E-state index is -0.872. The fraction of sp³-hybridized carbons (Fsp3) is 0.833. The van der Waals surface area contributed by atoms with Crippen molar-refractivity contribution in [3.05, 3.63) is 0 Å². The second-order valence-corrected chi connectivity index (χ2v) is 4.11. The summed E-state index contributed by atoms with van der Waals surface area (Å²) in [7, 11) is -0.872. The minimum Gasteiger partial charge on any atom is -0.481 e. The molecule has 0 aliphatic carbocycles. The smallest absolute Gasteiger partial charge is 0.307 e. The Morgan fingerprint density at radius 1 is 1.60 bits per heavy atom. The van der Waals surface area contributed by atoms with Crippen molar-refractivity contribution in [3.8, 4) is 0 Å². The summed E-state index contributed by atoms with van der Waals surface area (Å²) in [6.07, 6.45) is 1.49. The van der Waals surface area contributed by atoms with Crippen molar-refractivity contribution in [2.24, 2.45) is 5.92 Å². The summed E-state index contributed by atoms with van der Waals surface area (Å²) in [5, 5.41) is 8.52. The molecule has 1 aliphatic heterocycles. The molecule has 58 valence electrons. The Hall–Kier alpha value is -0.380. The van der Waals surface area contributed by atoms with Crippen LogP contribution in [0.3, 0.4) is 0 Å². The van der Waals surface area contributed by atoms with Gasteiger partial charge in [-0.1, -0.05) is 0 Å². The molecule has 4 heteroatoms. The highest BCUT2D eigenvalue weighted by molar-refractivity contribution is 7.85. The molecule has 2 atom stereocenters. The van der Waals surface area contributed by atoms with Crippen LogP contribution in [0.5, 0.6) is 0 Å². The van der Waals surface area contributed by atoms with E-state index in [4.69, 9.17) is 5.11 Å². The van der Waals surface area contributed by atoms with Gasteiger partial charge in [-0.15, -0.1) is 0 Å². The molecule has 0 bridgehead atoms. The predicted molar refractivity (Wildman–Crippen MR) is 38.2 cm³/mol. The van der Waals surface area contributed by atoms with Gasteiger partial charge in [0.25, 0.3) is 0 Å². The van der Waals surface area contributed by atoms with Crippen LogP contribution in [0.2, 0.25) is 0 Å². The standard InChI is InChI=1S/C6H10O3S/c7-6(8)5-2-1-3-10(9)4-5/h5H,1-4H2,(H,7,8). The van der Waals surface area contributed by atoms with E-state index in [1.54, 1.807) is 0 Å². The zero-order valence-corrected chi connectivity index (χ0v) is 6.39. The number of rotatable bonds is 1. The Kier molecular flexibility index (Phi) is 2.43. The van der Waals surface area contributed by atoms with Gasteiger partial charge in [0, 0.05) is 22.3 Å². The van der Waals surface area contributed by atoms with E-state index in [1.165, 1.54) is 0 Å². The molecular formula is C6H10O3S. The van der Waals surface area contributed by atoms with Crippen molar-refractivity contribution >= 4 is 16.8 Å². The first-order valence-corrected chi connectivity index (χ1v) is 4.76. The van der Waals surface area contributed by atoms with Crippen LogP contribution in [0.15, 0.2) is 0 Å². The Balaban J connectivity index is 2.47. The van der Waals surface area contributed by atoms with E-state index in [-0.39, 0.29) is 5.92 Å². The van der Waals surface area contributed by atoms with Crippen LogP contribution in [0.1, 0.15) is 12.8 Å². The number of carboxylic acid groups (broad SMARTS) is 1. The van der Waals surface area contributed by atoms with Crippen LogP contribution in [0.4, 0.5) is 0 Å². The SMILES string of the molecule is O=C(O)C1CCCS(=O)C1. The van der Waals surface area contributed by atoms with Gasteiger partial charge in [0.05, 0.1) is 5.92 Å². The van der Waals surface area contributed by atoms with E-state index in [0.29, 0.717) is 17.9 Å². The van der Waals surface area contributed by atoms with Gasteiger partial charge in [0.15, 0.2) is 0 Å². The van der Waals surface area contributed by atoms with E-state index >= 15 is 0 Å². The van der Waals surface area contributed by atoms with Gasteiger partial charge in [-0.25, -0.2) is 0 Å². The summed E-state index contributed by atoms with van der Waals surface area (Å²) in [6, 6.07) is 0. The number of aliphatic carboxylic acids is 1. The van der Waals surface area contributed by atoms with Crippen molar-refractivity contribution in [1.29, 1.82) is 0 Å². The van der Waals surface area contributed by atoms with Gasteiger partial charge >= 0.3 is 5.97 Å². The normalized spacial score (nSPS) is 33.6. The fourth-order valence-electron chi connectivity index (χ4n) is 1.08. The highest BCUT2D eigenvalue weighted by Crippen LogP contribution is 2.15. The Bertz CT molecular complexity index is 164. The fourth-order valence-corrected chi connectivity index (χ4v) is 2.49. The molecular weight excluding hydrogens is 152 g/mol. The topological polar surface area (TPSA) is 54.4 Å². The van der Waals surface area contributed by atoms with Crippen LogP contribution in [-0.4, -0.2) is 26.8 Å². The third-order valence-corrected chi connectivity index (χ3v) is 3.18. The lowest BCUT2D eigenvalue weighted by atomic mass is 10.1. The summed E-state index contributed by atoms with van der Waals surface area (Å²) in [5.41, 5.74) is 0. The third kappa shape index (κ3) is 1.80. The molecule has 0 aromatic heterocycles. The molecule has 1 fully saturated rings. The number of carboxylic acids is 1. The first kappa shape index (κ1) is 7.72. The van der Waals surface area contributed by atoms with Gasteiger partial charge in [-0.3, -0.25) is 9.00 Å². The Morgan fingerprint density at radius 3 is 2.70 bits per heavy atom. The number of hydrogen-bond donors (Lipinski definition) is 1. The molecule has 1 saturated heterocycles. The summed E-state index contributed by atoms with van der Waals surface area (Å²) >= 11 is 0.